The molecule has 0 radical (unpaired) electrons. The first kappa shape index (κ1) is 22.2. The van der Waals surface area contributed by atoms with E-state index in [1.165, 1.54) is 0 Å². The van der Waals surface area contributed by atoms with E-state index in [9.17, 15) is 4.79 Å². The summed E-state index contributed by atoms with van der Waals surface area (Å²) in [6, 6.07) is 11.6. The Kier molecular flexibility index (Phi) is 6.96. The van der Waals surface area contributed by atoms with Gasteiger partial charge in [0.2, 0.25) is 11.8 Å². The summed E-state index contributed by atoms with van der Waals surface area (Å²) in [7, 11) is 1.64. The number of nitrogens with one attached hydrogen (secondary N) is 1. The molecule has 3 heterocycles. The van der Waals surface area contributed by atoms with Crippen LogP contribution in [-0.2, 0) is 17.9 Å². The number of aromatic nitrogens is 3. The zero-order valence-corrected chi connectivity index (χ0v) is 19.1. The van der Waals surface area contributed by atoms with E-state index in [0.717, 1.165) is 42.8 Å². The van der Waals surface area contributed by atoms with E-state index in [1.54, 1.807) is 18.0 Å². The van der Waals surface area contributed by atoms with Gasteiger partial charge in [-0.15, -0.1) is 5.10 Å². The SMILES string of the molecule is COc1ccc(Cc2nn(CN3CCC(C(=O)Nc4ccc(C)cn4)CC3)c(=S)o2)cc1. The van der Waals surface area contributed by atoms with Crippen LogP contribution < -0.4 is 10.1 Å². The van der Waals surface area contributed by atoms with E-state index in [2.05, 4.69) is 20.3 Å². The first-order valence-corrected chi connectivity index (χ1v) is 11.1. The van der Waals surface area contributed by atoms with Crippen molar-refractivity contribution in [2.45, 2.75) is 32.9 Å². The second kappa shape index (κ2) is 10.1. The van der Waals surface area contributed by atoms with E-state index in [1.807, 2.05) is 43.3 Å². The summed E-state index contributed by atoms with van der Waals surface area (Å²) in [6.07, 6.45) is 3.88. The maximum atomic E-state index is 12.6. The predicted octanol–water partition coefficient (Wildman–Crippen LogP) is 3.82. The molecule has 2 aromatic heterocycles. The van der Waals surface area contributed by atoms with Crippen LogP contribution in [0.15, 0.2) is 47.0 Å². The van der Waals surface area contributed by atoms with Gasteiger partial charge < -0.3 is 14.5 Å². The largest absolute Gasteiger partial charge is 0.497 e. The highest BCUT2D eigenvalue weighted by atomic mass is 32.1. The fourth-order valence-corrected chi connectivity index (χ4v) is 3.92. The van der Waals surface area contributed by atoms with Crippen molar-refractivity contribution in [2.75, 3.05) is 25.5 Å². The zero-order valence-electron chi connectivity index (χ0n) is 18.3. The minimum atomic E-state index is -0.0229. The minimum absolute atomic E-state index is 0.0229. The van der Waals surface area contributed by atoms with Gasteiger partial charge in [-0.05, 0) is 61.3 Å². The molecule has 1 aromatic carbocycles. The monoisotopic (exact) mass is 453 g/mol. The average molecular weight is 454 g/mol. The van der Waals surface area contributed by atoms with Gasteiger partial charge in [0.1, 0.15) is 11.6 Å². The minimum Gasteiger partial charge on any atom is -0.497 e. The Morgan fingerprint density at radius 1 is 1.22 bits per heavy atom. The lowest BCUT2D eigenvalue weighted by Gasteiger charge is -2.30. The fraction of sp³-hybridized carbons (Fsp3) is 0.391. The molecule has 0 atom stereocenters. The number of likely N-dealkylation sites (tertiary alicyclic amines) is 1. The molecule has 0 spiro atoms. The van der Waals surface area contributed by atoms with Crippen LogP contribution in [0.4, 0.5) is 5.82 Å². The number of pyridine rings is 1. The number of methoxy groups -OCH3 is 1. The van der Waals surface area contributed by atoms with Crippen LogP contribution in [0.25, 0.3) is 0 Å². The molecule has 0 saturated carbocycles. The summed E-state index contributed by atoms with van der Waals surface area (Å²) < 4.78 is 12.6. The first-order valence-electron chi connectivity index (χ1n) is 10.7. The van der Waals surface area contributed by atoms with Crippen molar-refractivity contribution in [1.82, 2.24) is 19.7 Å². The summed E-state index contributed by atoms with van der Waals surface area (Å²) in [5, 5.41) is 7.46. The third-order valence-corrected chi connectivity index (χ3v) is 5.91. The Labute approximate surface area is 192 Å². The standard InChI is InChI=1S/C23H27N5O3S/c1-16-3-8-20(24-14-16)25-22(29)18-9-11-27(12-10-18)15-28-23(32)31-21(26-28)13-17-4-6-19(30-2)7-5-17/h3-8,14,18H,9-13,15H2,1-2H3,(H,24,25,29). The number of rotatable bonds is 7. The van der Waals surface area contributed by atoms with Crippen LogP contribution in [0.3, 0.4) is 0 Å². The molecule has 1 fully saturated rings. The molecule has 8 nitrogen and oxygen atoms in total. The molecule has 0 unspecified atom stereocenters. The van der Waals surface area contributed by atoms with Crippen LogP contribution in [0.1, 0.15) is 29.9 Å². The van der Waals surface area contributed by atoms with Gasteiger partial charge in [-0.1, -0.05) is 18.2 Å². The normalized spacial score (nSPS) is 14.9. The Hall–Kier alpha value is -3.04. The predicted molar refractivity (Wildman–Crippen MR) is 123 cm³/mol. The maximum absolute atomic E-state index is 12.6. The number of amides is 1. The van der Waals surface area contributed by atoms with E-state index in [0.29, 0.717) is 29.6 Å². The number of nitrogens with zero attached hydrogens (tertiary/aromatic N) is 4. The van der Waals surface area contributed by atoms with E-state index < -0.39 is 0 Å². The molecule has 168 valence electrons. The number of benzene rings is 1. The van der Waals surface area contributed by atoms with Gasteiger partial charge in [0.05, 0.1) is 20.2 Å². The summed E-state index contributed by atoms with van der Waals surface area (Å²) in [5.41, 5.74) is 2.14. The summed E-state index contributed by atoms with van der Waals surface area (Å²) in [4.78, 5) is 19.4. The van der Waals surface area contributed by atoms with Crippen molar-refractivity contribution in [3.63, 3.8) is 0 Å². The van der Waals surface area contributed by atoms with Crippen LogP contribution in [0.2, 0.25) is 0 Å². The highest BCUT2D eigenvalue weighted by molar-refractivity contribution is 7.71. The number of anilines is 1. The van der Waals surface area contributed by atoms with Gasteiger partial charge in [-0.2, -0.15) is 0 Å². The van der Waals surface area contributed by atoms with Gasteiger partial charge in [-0.3, -0.25) is 9.69 Å². The van der Waals surface area contributed by atoms with Crippen LogP contribution in [-0.4, -0.2) is 45.8 Å². The second-order valence-electron chi connectivity index (χ2n) is 8.03. The quantitative estimate of drug-likeness (QED) is 0.545. The van der Waals surface area contributed by atoms with Crippen LogP contribution in [0, 0.1) is 17.7 Å². The fourth-order valence-electron chi connectivity index (χ4n) is 3.72. The molecule has 3 aromatic rings. The molecule has 4 rings (SSSR count). The molecule has 1 amide bonds. The summed E-state index contributed by atoms with van der Waals surface area (Å²) in [6.45, 7) is 4.11. The smallest absolute Gasteiger partial charge is 0.288 e. The lowest BCUT2D eigenvalue weighted by molar-refractivity contribution is -0.121. The van der Waals surface area contributed by atoms with Gasteiger partial charge in [0.25, 0.3) is 4.84 Å². The molecule has 1 aliphatic heterocycles. The topological polar surface area (TPSA) is 85.4 Å². The molecule has 0 bridgehead atoms. The van der Waals surface area contributed by atoms with Crippen LogP contribution >= 0.6 is 12.2 Å². The van der Waals surface area contributed by atoms with Crippen molar-refractivity contribution in [3.05, 3.63) is 64.5 Å². The molecular formula is C23H27N5O3S. The Morgan fingerprint density at radius 2 is 1.97 bits per heavy atom. The molecule has 1 saturated heterocycles. The van der Waals surface area contributed by atoms with E-state index in [4.69, 9.17) is 21.4 Å². The van der Waals surface area contributed by atoms with E-state index >= 15 is 0 Å². The lowest BCUT2D eigenvalue weighted by Crippen LogP contribution is -2.39. The average Bonchev–Trinajstić information content (AvgIpc) is 3.14. The van der Waals surface area contributed by atoms with E-state index in [-0.39, 0.29) is 11.8 Å². The third kappa shape index (κ3) is 5.60. The van der Waals surface area contributed by atoms with Gasteiger partial charge in [-0.25, -0.2) is 9.67 Å². The van der Waals surface area contributed by atoms with Gasteiger partial charge >= 0.3 is 0 Å². The Balaban J connectivity index is 1.28. The molecule has 32 heavy (non-hydrogen) atoms. The second-order valence-corrected chi connectivity index (χ2v) is 8.38. The van der Waals surface area contributed by atoms with Crippen molar-refractivity contribution in [2.24, 2.45) is 5.92 Å². The molecule has 0 aliphatic carbocycles. The zero-order chi connectivity index (χ0) is 22.5. The number of hydrogen-bond donors (Lipinski definition) is 1. The van der Waals surface area contributed by atoms with Crippen molar-refractivity contribution < 1.29 is 13.9 Å². The number of carbonyl (C=O) groups is 1. The molecular weight excluding hydrogens is 426 g/mol. The number of hydrogen-bond acceptors (Lipinski definition) is 7. The van der Waals surface area contributed by atoms with Crippen molar-refractivity contribution in [1.29, 1.82) is 0 Å². The van der Waals surface area contributed by atoms with Crippen molar-refractivity contribution >= 4 is 23.9 Å². The molecule has 1 N–H and O–H groups in total. The first-order chi connectivity index (χ1) is 15.5. The van der Waals surface area contributed by atoms with Gasteiger partial charge in [0, 0.05) is 25.2 Å². The third-order valence-electron chi connectivity index (χ3n) is 5.62. The summed E-state index contributed by atoms with van der Waals surface area (Å²) >= 11 is 5.36. The molecule has 1 aliphatic rings. The lowest BCUT2D eigenvalue weighted by atomic mass is 9.96. The summed E-state index contributed by atoms with van der Waals surface area (Å²) in [5.74, 6) is 2.00. The number of ether oxygens (including phenoxy) is 1. The Morgan fingerprint density at radius 3 is 2.62 bits per heavy atom. The van der Waals surface area contributed by atoms with Crippen molar-refractivity contribution in [3.8, 4) is 5.75 Å². The highest BCUT2D eigenvalue weighted by Crippen LogP contribution is 2.20. The highest BCUT2D eigenvalue weighted by Gasteiger charge is 2.25. The number of carbonyl (C=O) groups excluding carboxylic acids is 1. The van der Waals surface area contributed by atoms with Gasteiger partial charge in [0.15, 0.2) is 0 Å². The molecule has 9 heteroatoms. The Bertz CT molecular complexity index is 1100. The van der Waals surface area contributed by atoms with Crippen LogP contribution in [0.5, 0.6) is 5.75 Å². The number of piperidine rings is 1. The number of aryl methyl sites for hydroxylation is 1. The maximum Gasteiger partial charge on any atom is 0.288 e.